The molecule has 0 heterocycles. The molecule has 20 heavy (non-hydrogen) atoms. The molecule has 1 atom stereocenters. The van der Waals surface area contributed by atoms with E-state index in [1.807, 2.05) is 6.07 Å². The Bertz CT molecular complexity index is 415. The lowest BCUT2D eigenvalue weighted by Gasteiger charge is -2.15. The Morgan fingerprint density at radius 3 is 2.75 bits per heavy atom. The molecule has 1 unspecified atom stereocenters. The first-order valence-electron chi connectivity index (χ1n) is 7.76. The van der Waals surface area contributed by atoms with E-state index in [-0.39, 0.29) is 0 Å². The third-order valence-corrected chi connectivity index (χ3v) is 3.71. The van der Waals surface area contributed by atoms with Gasteiger partial charge in [0.1, 0.15) is 0 Å². The van der Waals surface area contributed by atoms with Crippen molar-refractivity contribution < 1.29 is 9.47 Å². The van der Waals surface area contributed by atoms with Crippen LogP contribution in [0.3, 0.4) is 0 Å². The molecule has 0 spiro atoms. The molecule has 0 aliphatic heterocycles. The van der Waals surface area contributed by atoms with E-state index in [0.717, 1.165) is 30.7 Å². The number of ether oxygens (including phenoxy) is 2. The van der Waals surface area contributed by atoms with Gasteiger partial charge < -0.3 is 14.8 Å². The van der Waals surface area contributed by atoms with Crippen molar-refractivity contribution in [2.24, 2.45) is 5.92 Å². The van der Waals surface area contributed by atoms with Crippen LogP contribution < -0.4 is 14.8 Å². The Hall–Kier alpha value is -1.22. The van der Waals surface area contributed by atoms with Crippen LogP contribution in [-0.4, -0.2) is 19.8 Å². The van der Waals surface area contributed by atoms with Crippen LogP contribution >= 0.6 is 0 Å². The van der Waals surface area contributed by atoms with Gasteiger partial charge in [0.2, 0.25) is 0 Å². The predicted octanol–water partition coefficient (Wildman–Crippen LogP) is 3.76. The third-order valence-electron chi connectivity index (χ3n) is 3.71. The highest BCUT2D eigenvalue weighted by Crippen LogP contribution is 2.29. The summed E-state index contributed by atoms with van der Waals surface area (Å²) >= 11 is 0. The first-order valence-corrected chi connectivity index (χ1v) is 7.76. The second-order valence-corrected chi connectivity index (χ2v) is 5.85. The summed E-state index contributed by atoms with van der Waals surface area (Å²) in [6, 6.07) is 6.96. The van der Waals surface area contributed by atoms with Gasteiger partial charge in [-0.15, -0.1) is 0 Å². The highest BCUT2D eigenvalue weighted by atomic mass is 16.5. The summed E-state index contributed by atoms with van der Waals surface area (Å²) in [5.74, 6) is 2.27. The zero-order valence-corrected chi connectivity index (χ0v) is 12.9. The van der Waals surface area contributed by atoms with Crippen LogP contribution in [0.2, 0.25) is 0 Å². The molecule has 1 N–H and O–H groups in total. The Kier molecular flexibility index (Phi) is 5.72. The fraction of sp³-hybridized carbons (Fsp3) is 0.647. The average Bonchev–Trinajstić information content (AvgIpc) is 3.27. The highest BCUT2D eigenvalue weighted by molar-refractivity contribution is 5.43. The Balaban J connectivity index is 1.90. The topological polar surface area (TPSA) is 30.5 Å². The van der Waals surface area contributed by atoms with Gasteiger partial charge in [-0.05, 0) is 42.9 Å². The van der Waals surface area contributed by atoms with E-state index < -0.39 is 0 Å². The quantitative estimate of drug-likeness (QED) is 0.745. The molecule has 1 aliphatic rings. The first kappa shape index (κ1) is 15.2. The van der Waals surface area contributed by atoms with E-state index in [0.29, 0.717) is 5.92 Å². The van der Waals surface area contributed by atoms with Crippen LogP contribution in [0.5, 0.6) is 11.5 Å². The Morgan fingerprint density at radius 2 is 2.10 bits per heavy atom. The van der Waals surface area contributed by atoms with Crippen LogP contribution in [0.15, 0.2) is 18.2 Å². The van der Waals surface area contributed by atoms with Gasteiger partial charge in [-0.25, -0.2) is 0 Å². The molecule has 2 rings (SSSR count). The monoisotopic (exact) mass is 277 g/mol. The second-order valence-electron chi connectivity index (χ2n) is 5.85. The van der Waals surface area contributed by atoms with E-state index in [4.69, 9.17) is 9.47 Å². The number of benzene rings is 1. The fourth-order valence-electron chi connectivity index (χ4n) is 2.30. The van der Waals surface area contributed by atoms with Crippen molar-refractivity contribution in [3.05, 3.63) is 23.8 Å². The summed E-state index contributed by atoms with van der Waals surface area (Å²) in [5, 5.41) is 3.51. The summed E-state index contributed by atoms with van der Waals surface area (Å²) in [7, 11) is 1.70. The lowest BCUT2D eigenvalue weighted by molar-refractivity contribution is 0.240. The lowest BCUT2D eigenvalue weighted by Crippen LogP contribution is -2.15. The molecule has 0 bridgehead atoms. The van der Waals surface area contributed by atoms with E-state index >= 15 is 0 Å². The van der Waals surface area contributed by atoms with Gasteiger partial charge in [0.05, 0.1) is 13.7 Å². The Morgan fingerprint density at radius 1 is 1.30 bits per heavy atom. The molecule has 0 saturated heterocycles. The van der Waals surface area contributed by atoms with Crippen molar-refractivity contribution in [1.29, 1.82) is 0 Å². The molecule has 0 amide bonds. The summed E-state index contributed by atoms with van der Waals surface area (Å²) in [6.07, 6.45) is 5.03. The average molecular weight is 277 g/mol. The number of methoxy groups -OCH3 is 1. The summed E-state index contributed by atoms with van der Waals surface area (Å²) in [5.41, 5.74) is 1.25. The van der Waals surface area contributed by atoms with Crippen molar-refractivity contribution in [3.8, 4) is 11.5 Å². The smallest absolute Gasteiger partial charge is 0.161 e. The molecule has 1 aliphatic carbocycles. The molecule has 1 aromatic carbocycles. The summed E-state index contributed by atoms with van der Waals surface area (Å²) in [6.45, 7) is 6.10. The molecule has 1 aromatic rings. The molecular weight excluding hydrogens is 250 g/mol. The maximum atomic E-state index is 5.89. The molecule has 1 saturated carbocycles. The fourth-order valence-corrected chi connectivity index (χ4v) is 2.30. The van der Waals surface area contributed by atoms with Crippen LogP contribution in [0.25, 0.3) is 0 Å². The minimum atomic E-state index is 0.584. The molecule has 112 valence electrons. The zero-order valence-electron chi connectivity index (χ0n) is 12.9. The molecular formula is C17H27NO2. The molecule has 3 nitrogen and oxygen atoms in total. The van der Waals surface area contributed by atoms with Gasteiger partial charge in [0.25, 0.3) is 0 Å². The number of hydrogen-bond acceptors (Lipinski definition) is 3. The Labute approximate surface area is 122 Å². The zero-order chi connectivity index (χ0) is 14.4. The summed E-state index contributed by atoms with van der Waals surface area (Å²) < 4.78 is 11.3. The van der Waals surface area contributed by atoms with Gasteiger partial charge in [-0.1, -0.05) is 26.3 Å². The van der Waals surface area contributed by atoms with Gasteiger partial charge in [-0.2, -0.15) is 0 Å². The molecule has 0 radical (unpaired) electrons. The second kappa shape index (κ2) is 7.53. The minimum absolute atomic E-state index is 0.584. The molecule has 0 aromatic heterocycles. The SMILES string of the molecule is CCCC(C)COc1ccc(CNC2CC2)cc1OC. The number of rotatable bonds is 9. The van der Waals surface area contributed by atoms with Crippen molar-refractivity contribution in [2.75, 3.05) is 13.7 Å². The maximum Gasteiger partial charge on any atom is 0.161 e. The van der Waals surface area contributed by atoms with E-state index in [2.05, 4.69) is 31.3 Å². The lowest BCUT2D eigenvalue weighted by atomic mass is 10.1. The van der Waals surface area contributed by atoms with Gasteiger partial charge in [0, 0.05) is 12.6 Å². The van der Waals surface area contributed by atoms with Gasteiger partial charge in [-0.3, -0.25) is 0 Å². The van der Waals surface area contributed by atoms with Gasteiger partial charge >= 0.3 is 0 Å². The number of hydrogen-bond donors (Lipinski definition) is 1. The first-order chi connectivity index (χ1) is 9.72. The van der Waals surface area contributed by atoms with Crippen molar-refractivity contribution in [3.63, 3.8) is 0 Å². The summed E-state index contributed by atoms with van der Waals surface area (Å²) in [4.78, 5) is 0. The third kappa shape index (κ3) is 4.71. The van der Waals surface area contributed by atoms with Crippen molar-refractivity contribution in [1.82, 2.24) is 5.32 Å². The van der Waals surface area contributed by atoms with Crippen LogP contribution in [0, 0.1) is 5.92 Å². The van der Waals surface area contributed by atoms with E-state index in [9.17, 15) is 0 Å². The normalized spacial score (nSPS) is 15.9. The maximum absolute atomic E-state index is 5.89. The molecule has 1 fully saturated rings. The predicted molar refractivity (Wildman–Crippen MR) is 82.4 cm³/mol. The minimum Gasteiger partial charge on any atom is -0.493 e. The van der Waals surface area contributed by atoms with Crippen LogP contribution in [-0.2, 0) is 6.54 Å². The van der Waals surface area contributed by atoms with Crippen LogP contribution in [0.1, 0.15) is 45.1 Å². The van der Waals surface area contributed by atoms with Crippen molar-refractivity contribution in [2.45, 2.75) is 52.1 Å². The van der Waals surface area contributed by atoms with E-state index in [1.54, 1.807) is 7.11 Å². The molecule has 3 heteroatoms. The highest BCUT2D eigenvalue weighted by Gasteiger charge is 2.20. The standard InChI is InChI=1S/C17H27NO2/c1-4-5-13(2)12-20-16-9-6-14(10-17(16)19-3)11-18-15-7-8-15/h6,9-10,13,15,18H,4-5,7-8,11-12H2,1-3H3. The van der Waals surface area contributed by atoms with Crippen LogP contribution in [0.4, 0.5) is 0 Å². The number of nitrogens with one attached hydrogen (secondary N) is 1. The van der Waals surface area contributed by atoms with E-state index in [1.165, 1.54) is 31.2 Å². The largest absolute Gasteiger partial charge is 0.493 e. The van der Waals surface area contributed by atoms with Crippen molar-refractivity contribution >= 4 is 0 Å². The van der Waals surface area contributed by atoms with Gasteiger partial charge in [0.15, 0.2) is 11.5 Å².